The third-order valence-corrected chi connectivity index (χ3v) is 3.04. The average Bonchev–Trinajstić information content (AvgIpc) is 2.83. The molecule has 92 valence electrons. The van der Waals surface area contributed by atoms with Crippen LogP contribution in [-0.2, 0) is 0 Å². The third-order valence-electron chi connectivity index (χ3n) is 3.04. The van der Waals surface area contributed by atoms with Gasteiger partial charge in [0.15, 0.2) is 5.69 Å². The second-order valence-electron chi connectivity index (χ2n) is 4.18. The molecule has 3 rings (SSSR count). The molecule has 18 heavy (non-hydrogen) atoms. The van der Waals surface area contributed by atoms with Gasteiger partial charge in [-0.1, -0.05) is 6.07 Å². The molecule has 0 spiro atoms. The summed E-state index contributed by atoms with van der Waals surface area (Å²) in [5.41, 5.74) is 1.11. The number of carbonyl (C=O) groups is 1. The van der Waals surface area contributed by atoms with E-state index in [9.17, 15) is 4.79 Å². The predicted octanol–water partition coefficient (Wildman–Crippen LogP) is 1.38. The van der Waals surface area contributed by atoms with Crippen molar-refractivity contribution in [3.63, 3.8) is 0 Å². The molecule has 6 nitrogen and oxygen atoms in total. The molecule has 1 aliphatic heterocycles. The summed E-state index contributed by atoms with van der Waals surface area (Å²) in [6.45, 7) is 0.796. The molecule has 0 radical (unpaired) electrons. The van der Waals surface area contributed by atoms with E-state index in [1.54, 1.807) is 23.1 Å². The topological polar surface area (TPSA) is 80.0 Å². The van der Waals surface area contributed by atoms with Gasteiger partial charge in [-0.05, 0) is 18.1 Å². The van der Waals surface area contributed by atoms with E-state index in [0.717, 1.165) is 24.3 Å². The number of hydrogen-bond donors (Lipinski definition) is 2. The van der Waals surface area contributed by atoms with Crippen molar-refractivity contribution in [3.8, 4) is 0 Å². The molecule has 0 aliphatic carbocycles. The van der Waals surface area contributed by atoms with Crippen LogP contribution in [0.25, 0.3) is 0 Å². The van der Waals surface area contributed by atoms with Crippen LogP contribution in [0.5, 0.6) is 0 Å². The summed E-state index contributed by atoms with van der Waals surface area (Å²) >= 11 is 0. The van der Waals surface area contributed by atoms with Gasteiger partial charge in [0.1, 0.15) is 5.82 Å². The SMILES string of the molecule is O=C(O)c1cc2n(n1)C(c1cccnc1)CCN2. The number of carboxylic acid groups (broad SMARTS) is 1. The highest BCUT2D eigenvalue weighted by atomic mass is 16.4. The molecule has 1 atom stereocenters. The largest absolute Gasteiger partial charge is 0.476 e. The first-order valence-electron chi connectivity index (χ1n) is 5.72. The summed E-state index contributed by atoms with van der Waals surface area (Å²) in [4.78, 5) is 15.0. The van der Waals surface area contributed by atoms with Crippen molar-refractivity contribution < 1.29 is 9.90 Å². The molecule has 0 aromatic carbocycles. The van der Waals surface area contributed by atoms with Crippen molar-refractivity contribution >= 4 is 11.8 Å². The van der Waals surface area contributed by atoms with Crippen LogP contribution in [0.2, 0.25) is 0 Å². The van der Waals surface area contributed by atoms with Gasteiger partial charge in [0, 0.05) is 25.0 Å². The molecule has 1 unspecified atom stereocenters. The minimum absolute atomic E-state index is 0.0445. The molecule has 0 saturated carbocycles. The zero-order valence-electron chi connectivity index (χ0n) is 9.58. The van der Waals surface area contributed by atoms with E-state index in [1.807, 2.05) is 12.1 Å². The van der Waals surface area contributed by atoms with Crippen molar-refractivity contribution in [3.05, 3.63) is 41.9 Å². The van der Waals surface area contributed by atoms with Crippen LogP contribution in [0.3, 0.4) is 0 Å². The van der Waals surface area contributed by atoms with Gasteiger partial charge in [0.2, 0.25) is 0 Å². The molecule has 2 aromatic rings. The third kappa shape index (κ3) is 1.71. The summed E-state index contributed by atoms with van der Waals surface area (Å²) < 4.78 is 1.73. The Hall–Kier alpha value is -2.37. The van der Waals surface area contributed by atoms with E-state index < -0.39 is 5.97 Å². The molecule has 0 fully saturated rings. The fraction of sp³-hybridized carbons (Fsp3) is 0.250. The number of nitrogens with one attached hydrogen (secondary N) is 1. The van der Waals surface area contributed by atoms with E-state index in [1.165, 1.54) is 0 Å². The maximum Gasteiger partial charge on any atom is 0.356 e. The van der Waals surface area contributed by atoms with Crippen LogP contribution < -0.4 is 5.32 Å². The molecule has 0 bridgehead atoms. The lowest BCUT2D eigenvalue weighted by Gasteiger charge is -2.25. The fourth-order valence-corrected chi connectivity index (χ4v) is 2.21. The Bertz CT molecular complexity index is 579. The predicted molar refractivity (Wildman–Crippen MR) is 64.7 cm³/mol. The normalized spacial score (nSPS) is 17.9. The Kier molecular flexibility index (Phi) is 2.47. The lowest BCUT2D eigenvalue weighted by molar-refractivity contribution is 0.0689. The second-order valence-corrected chi connectivity index (χ2v) is 4.18. The van der Waals surface area contributed by atoms with Crippen LogP contribution in [0.1, 0.15) is 28.5 Å². The van der Waals surface area contributed by atoms with Gasteiger partial charge in [0.25, 0.3) is 0 Å². The number of aromatic carboxylic acids is 1. The van der Waals surface area contributed by atoms with Crippen LogP contribution in [0.4, 0.5) is 5.82 Å². The molecule has 2 N–H and O–H groups in total. The fourth-order valence-electron chi connectivity index (χ4n) is 2.21. The van der Waals surface area contributed by atoms with Gasteiger partial charge in [-0.3, -0.25) is 4.98 Å². The molecule has 0 saturated heterocycles. The minimum Gasteiger partial charge on any atom is -0.476 e. The molecule has 0 amide bonds. The Morgan fingerprint density at radius 2 is 2.44 bits per heavy atom. The Balaban J connectivity index is 2.04. The maximum absolute atomic E-state index is 10.9. The van der Waals surface area contributed by atoms with Gasteiger partial charge < -0.3 is 10.4 Å². The highest BCUT2D eigenvalue weighted by molar-refractivity contribution is 5.86. The Morgan fingerprint density at radius 3 is 3.17 bits per heavy atom. The monoisotopic (exact) mass is 244 g/mol. The van der Waals surface area contributed by atoms with Crippen molar-refractivity contribution in [1.29, 1.82) is 0 Å². The molecular formula is C12H12N4O2. The van der Waals surface area contributed by atoms with E-state index in [0.29, 0.717) is 0 Å². The molecule has 1 aliphatic rings. The number of pyridine rings is 1. The summed E-state index contributed by atoms with van der Waals surface area (Å²) in [5.74, 6) is -0.267. The quantitative estimate of drug-likeness (QED) is 0.834. The van der Waals surface area contributed by atoms with Crippen molar-refractivity contribution in [1.82, 2.24) is 14.8 Å². The van der Waals surface area contributed by atoms with Gasteiger partial charge in [0.05, 0.1) is 6.04 Å². The smallest absolute Gasteiger partial charge is 0.356 e. The minimum atomic E-state index is -1.01. The van der Waals surface area contributed by atoms with Gasteiger partial charge in [-0.25, -0.2) is 9.48 Å². The van der Waals surface area contributed by atoms with Crippen LogP contribution in [-0.4, -0.2) is 32.4 Å². The zero-order valence-corrected chi connectivity index (χ0v) is 9.58. The average molecular weight is 244 g/mol. The van der Waals surface area contributed by atoms with Crippen molar-refractivity contribution in [2.75, 3.05) is 11.9 Å². The lowest BCUT2D eigenvalue weighted by Crippen LogP contribution is -2.24. The number of rotatable bonds is 2. The summed E-state index contributed by atoms with van der Waals surface area (Å²) in [6.07, 6.45) is 4.37. The highest BCUT2D eigenvalue weighted by Gasteiger charge is 2.24. The number of anilines is 1. The van der Waals surface area contributed by atoms with Gasteiger partial charge >= 0.3 is 5.97 Å². The van der Waals surface area contributed by atoms with Crippen LogP contribution >= 0.6 is 0 Å². The molecule has 6 heteroatoms. The number of aromatic nitrogens is 3. The lowest BCUT2D eigenvalue weighted by atomic mass is 10.0. The molecular weight excluding hydrogens is 232 g/mol. The number of carboxylic acids is 1. The first kappa shape index (κ1) is 10.8. The first-order chi connectivity index (χ1) is 8.75. The molecule has 2 aromatic heterocycles. The van der Waals surface area contributed by atoms with E-state index in [4.69, 9.17) is 5.11 Å². The van der Waals surface area contributed by atoms with E-state index in [-0.39, 0.29) is 11.7 Å². The van der Waals surface area contributed by atoms with E-state index in [2.05, 4.69) is 15.4 Å². The number of hydrogen-bond acceptors (Lipinski definition) is 4. The summed E-state index contributed by atoms with van der Waals surface area (Å²) in [5, 5.41) is 16.3. The van der Waals surface area contributed by atoms with Crippen molar-refractivity contribution in [2.45, 2.75) is 12.5 Å². The van der Waals surface area contributed by atoms with E-state index >= 15 is 0 Å². The zero-order chi connectivity index (χ0) is 12.5. The highest BCUT2D eigenvalue weighted by Crippen LogP contribution is 2.29. The maximum atomic E-state index is 10.9. The number of nitrogens with zero attached hydrogens (tertiary/aromatic N) is 3. The summed E-state index contributed by atoms with van der Waals surface area (Å²) in [6, 6.07) is 5.46. The van der Waals surface area contributed by atoms with Crippen LogP contribution in [0.15, 0.2) is 30.6 Å². The first-order valence-corrected chi connectivity index (χ1v) is 5.72. The van der Waals surface area contributed by atoms with Crippen molar-refractivity contribution in [2.24, 2.45) is 0 Å². The van der Waals surface area contributed by atoms with Crippen LogP contribution in [0, 0.1) is 0 Å². The number of fused-ring (bicyclic) bond motifs is 1. The standard InChI is InChI=1S/C12H12N4O2/c17-12(18)9-6-11-14-5-3-10(16(11)15-9)8-2-1-4-13-7-8/h1-2,4,6-7,10,14H,3,5H2,(H,17,18). The Morgan fingerprint density at radius 1 is 1.56 bits per heavy atom. The van der Waals surface area contributed by atoms with Gasteiger partial charge in [-0.2, -0.15) is 5.10 Å². The summed E-state index contributed by atoms with van der Waals surface area (Å²) in [7, 11) is 0. The molecule has 3 heterocycles. The second kappa shape index (κ2) is 4.14. The van der Waals surface area contributed by atoms with Gasteiger partial charge in [-0.15, -0.1) is 0 Å². The Labute approximate surface area is 103 Å².